The Morgan fingerprint density at radius 2 is 1.44 bits per heavy atom. The van der Waals surface area contributed by atoms with Crippen molar-refractivity contribution in [1.29, 1.82) is 0 Å². The highest BCUT2D eigenvalue weighted by atomic mass is 16.1. The molecule has 0 atom stereocenters. The zero-order chi connectivity index (χ0) is 23.2. The molecule has 0 aliphatic carbocycles. The van der Waals surface area contributed by atoms with Crippen molar-refractivity contribution in [3.05, 3.63) is 106 Å². The molecule has 176 valence electrons. The molecule has 1 N–H and O–H groups in total. The fourth-order valence-electron chi connectivity index (χ4n) is 5.21. The maximum absolute atomic E-state index is 12.7. The number of amides is 1. The Morgan fingerprint density at radius 1 is 0.706 bits per heavy atom. The van der Waals surface area contributed by atoms with Crippen LogP contribution in [0.15, 0.2) is 72.8 Å². The topological polar surface area (TPSA) is 35.6 Å². The van der Waals surface area contributed by atoms with E-state index in [1.54, 1.807) is 0 Å². The summed E-state index contributed by atoms with van der Waals surface area (Å²) in [7, 11) is 0. The first kappa shape index (κ1) is 22.8. The number of benzene rings is 3. The van der Waals surface area contributed by atoms with Crippen molar-refractivity contribution < 1.29 is 4.79 Å². The number of piperidine rings is 1. The van der Waals surface area contributed by atoms with E-state index >= 15 is 0 Å². The van der Waals surface area contributed by atoms with Crippen LogP contribution >= 0.6 is 0 Å². The van der Waals surface area contributed by atoms with Crippen LogP contribution in [0.5, 0.6) is 0 Å². The third-order valence-corrected chi connectivity index (χ3v) is 7.13. The van der Waals surface area contributed by atoms with Crippen LogP contribution in [0, 0.1) is 0 Å². The Labute approximate surface area is 203 Å². The number of carbonyl (C=O) groups excluding carboxylic acids is 1. The van der Waals surface area contributed by atoms with Crippen LogP contribution in [-0.4, -0.2) is 35.3 Å². The van der Waals surface area contributed by atoms with Crippen LogP contribution in [0.4, 0.5) is 0 Å². The lowest BCUT2D eigenvalue weighted by Gasteiger charge is -2.28. The number of nitrogens with zero attached hydrogens (tertiary/aromatic N) is 2. The molecule has 2 aliphatic rings. The molecule has 1 saturated heterocycles. The first-order chi connectivity index (χ1) is 16.7. The fourth-order valence-corrected chi connectivity index (χ4v) is 5.21. The quantitative estimate of drug-likeness (QED) is 0.537. The molecule has 0 spiro atoms. The number of hydrogen-bond acceptors (Lipinski definition) is 3. The summed E-state index contributed by atoms with van der Waals surface area (Å²) in [4.78, 5) is 17.7. The molecule has 1 amide bonds. The number of carbonyl (C=O) groups is 1. The van der Waals surface area contributed by atoms with Crippen LogP contribution < -0.4 is 5.32 Å². The average molecular weight is 454 g/mol. The fraction of sp³-hybridized carbons (Fsp3) is 0.367. The predicted molar refractivity (Wildman–Crippen MR) is 137 cm³/mol. The zero-order valence-electron chi connectivity index (χ0n) is 20.0. The second kappa shape index (κ2) is 11.0. The van der Waals surface area contributed by atoms with E-state index in [-0.39, 0.29) is 5.91 Å². The average Bonchev–Trinajstić information content (AvgIpc) is 2.88. The van der Waals surface area contributed by atoms with Gasteiger partial charge in [0.25, 0.3) is 5.91 Å². The lowest BCUT2D eigenvalue weighted by molar-refractivity contribution is 0.0951. The monoisotopic (exact) mass is 453 g/mol. The van der Waals surface area contributed by atoms with Crippen LogP contribution in [0.3, 0.4) is 0 Å². The molecule has 0 saturated carbocycles. The van der Waals surface area contributed by atoms with Crippen molar-refractivity contribution in [1.82, 2.24) is 15.1 Å². The Bertz CT molecular complexity index is 1100. The minimum Gasteiger partial charge on any atom is -0.348 e. The first-order valence-electron chi connectivity index (χ1n) is 12.7. The molecule has 0 unspecified atom stereocenters. The van der Waals surface area contributed by atoms with Gasteiger partial charge >= 0.3 is 0 Å². The smallest absolute Gasteiger partial charge is 0.251 e. The van der Waals surface area contributed by atoms with Crippen LogP contribution in [0.2, 0.25) is 0 Å². The highest BCUT2D eigenvalue weighted by molar-refractivity contribution is 5.94. The number of hydrogen-bond donors (Lipinski definition) is 1. The molecular formula is C30H35N3O. The third-order valence-electron chi connectivity index (χ3n) is 7.13. The van der Waals surface area contributed by atoms with Crippen molar-refractivity contribution in [2.24, 2.45) is 0 Å². The summed E-state index contributed by atoms with van der Waals surface area (Å²) in [6, 6.07) is 25.4. The summed E-state index contributed by atoms with van der Waals surface area (Å²) in [5, 5.41) is 3.09. The van der Waals surface area contributed by atoms with Gasteiger partial charge in [0.15, 0.2) is 0 Å². The SMILES string of the molecule is O=C(NCc1cccc(CN2CCCCC2)c1)c1ccc(CN2CCc3ccccc3C2)cc1. The van der Waals surface area contributed by atoms with E-state index < -0.39 is 0 Å². The van der Waals surface area contributed by atoms with Crippen molar-refractivity contribution in [3.63, 3.8) is 0 Å². The molecule has 0 radical (unpaired) electrons. The summed E-state index contributed by atoms with van der Waals surface area (Å²) >= 11 is 0. The van der Waals surface area contributed by atoms with Gasteiger partial charge in [-0.2, -0.15) is 0 Å². The highest BCUT2D eigenvalue weighted by Gasteiger charge is 2.16. The lowest BCUT2D eigenvalue weighted by Crippen LogP contribution is -2.30. The second-order valence-electron chi connectivity index (χ2n) is 9.77. The largest absolute Gasteiger partial charge is 0.348 e. The van der Waals surface area contributed by atoms with Crippen LogP contribution in [-0.2, 0) is 32.6 Å². The van der Waals surface area contributed by atoms with E-state index in [0.717, 1.165) is 43.7 Å². The van der Waals surface area contributed by atoms with Gasteiger partial charge in [0.2, 0.25) is 0 Å². The standard InChI is InChI=1S/C30H35N3O/c34-30(31-20-25-7-6-8-26(19-25)22-32-16-4-1-5-17-32)28-13-11-24(12-14-28)21-33-18-15-27-9-2-3-10-29(27)23-33/h2-3,6-14,19H,1,4-5,15-18,20-23H2,(H,31,34). The normalized spacial score (nSPS) is 16.7. The van der Waals surface area contributed by atoms with Gasteiger partial charge in [-0.05, 0) is 72.3 Å². The van der Waals surface area contributed by atoms with Gasteiger partial charge in [0.1, 0.15) is 0 Å². The molecule has 4 nitrogen and oxygen atoms in total. The summed E-state index contributed by atoms with van der Waals surface area (Å²) < 4.78 is 0. The minimum atomic E-state index is -0.0140. The molecule has 4 heteroatoms. The summed E-state index contributed by atoms with van der Waals surface area (Å²) in [6.45, 7) is 6.95. The van der Waals surface area contributed by atoms with Gasteiger partial charge in [0.05, 0.1) is 0 Å². The molecule has 2 aliphatic heterocycles. The van der Waals surface area contributed by atoms with Gasteiger partial charge in [-0.1, -0.05) is 67.1 Å². The lowest BCUT2D eigenvalue weighted by atomic mass is 9.99. The van der Waals surface area contributed by atoms with Crippen LogP contribution in [0.1, 0.15) is 57.4 Å². The Balaban J connectivity index is 1.12. The highest BCUT2D eigenvalue weighted by Crippen LogP contribution is 2.20. The molecular weight excluding hydrogens is 418 g/mol. The van der Waals surface area contributed by atoms with Gasteiger partial charge in [0, 0.05) is 38.3 Å². The Hall–Kier alpha value is -2.95. The van der Waals surface area contributed by atoms with E-state index in [1.807, 2.05) is 12.1 Å². The zero-order valence-corrected chi connectivity index (χ0v) is 20.0. The van der Waals surface area contributed by atoms with Gasteiger partial charge in [-0.3, -0.25) is 14.6 Å². The maximum Gasteiger partial charge on any atom is 0.251 e. The number of fused-ring (bicyclic) bond motifs is 1. The maximum atomic E-state index is 12.7. The van der Waals surface area contributed by atoms with E-state index in [9.17, 15) is 4.79 Å². The third kappa shape index (κ3) is 5.94. The van der Waals surface area contributed by atoms with E-state index in [0.29, 0.717) is 6.54 Å². The molecule has 3 aromatic rings. The minimum absolute atomic E-state index is 0.0140. The molecule has 3 aromatic carbocycles. The predicted octanol–water partition coefficient (Wildman–Crippen LogP) is 5.16. The van der Waals surface area contributed by atoms with Crippen molar-refractivity contribution in [2.75, 3.05) is 19.6 Å². The summed E-state index contributed by atoms with van der Waals surface area (Å²) in [6.07, 6.45) is 5.08. The van der Waals surface area contributed by atoms with Crippen molar-refractivity contribution >= 4 is 5.91 Å². The molecule has 0 bridgehead atoms. The Morgan fingerprint density at radius 3 is 2.26 bits per heavy atom. The molecule has 34 heavy (non-hydrogen) atoms. The van der Waals surface area contributed by atoms with Crippen LogP contribution in [0.25, 0.3) is 0 Å². The van der Waals surface area contributed by atoms with Gasteiger partial charge in [-0.15, -0.1) is 0 Å². The number of likely N-dealkylation sites (tertiary alicyclic amines) is 1. The van der Waals surface area contributed by atoms with Gasteiger partial charge < -0.3 is 5.32 Å². The van der Waals surface area contributed by atoms with Gasteiger partial charge in [-0.25, -0.2) is 0 Å². The van der Waals surface area contributed by atoms with E-state index in [4.69, 9.17) is 0 Å². The van der Waals surface area contributed by atoms with E-state index in [2.05, 4.69) is 75.8 Å². The summed E-state index contributed by atoms with van der Waals surface area (Å²) in [5.74, 6) is -0.0140. The molecule has 1 fully saturated rings. The van der Waals surface area contributed by atoms with E-state index in [1.165, 1.54) is 54.6 Å². The number of nitrogens with one attached hydrogen (secondary N) is 1. The molecule has 0 aromatic heterocycles. The Kier molecular flexibility index (Phi) is 7.37. The first-order valence-corrected chi connectivity index (χ1v) is 12.7. The second-order valence-corrected chi connectivity index (χ2v) is 9.77. The van der Waals surface area contributed by atoms with Crippen molar-refractivity contribution in [3.8, 4) is 0 Å². The van der Waals surface area contributed by atoms with Crippen molar-refractivity contribution in [2.45, 2.75) is 51.9 Å². The number of rotatable bonds is 7. The molecule has 2 heterocycles. The summed E-state index contributed by atoms with van der Waals surface area (Å²) in [5.41, 5.74) is 7.37. The molecule has 5 rings (SSSR count).